The second-order valence-electron chi connectivity index (χ2n) is 9.47. The molecular weight excluding hydrogens is 507 g/mol. The Labute approximate surface area is 216 Å². The van der Waals surface area contributed by atoms with E-state index < -0.39 is 16.9 Å². The van der Waals surface area contributed by atoms with Gasteiger partial charge in [0.25, 0.3) is 0 Å². The van der Waals surface area contributed by atoms with Crippen LogP contribution in [0.1, 0.15) is 13.3 Å². The molecule has 202 valence electrons. The summed E-state index contributed by atoms with van der Waals surface area (Å²) in [5, 5.41) is 10.9. The minimum atomic E-state index is -4.71. The predicted octanol–water partition coefficient (Wildman–Crippen LogP) is 4.64. The quantitative estimate of drug-likeness (QED) is 0.320. The predicted molar refractivity (Wildman–Crippen MR) is 132 cm³/mol. The van der Waals surface area contributed by atoms with Crippen molar-refractivity contribution in [3.05, 3.63) is 64.8 Å². The number of ether oxygens (including phenoxy) is 3. The van der Waals surface area contributed by atoms with Gasteiger partial charge in [-0.15, -0.1) is 13.2 Å². The van der Waals surface area contributed by atoms with Gasteiger partial charge in [-0.3, -0.25) is 4.57 Å². The Balaban J connectivity index is 1.13. The highest BCUT2D eigenvalue weighted by Crippen LogP contribution is 2.32. The second kappa shape index (κ2) is 9.95. The highest BCUT2D eigenvalue weighted by molar-refractivity contribution is 5.52. The van der Waals surface area contributed by atoms with Crippen molar-refractivity contribution in [1.82, 2.24) is 9.55 Å². The van der Waals surface area contributed by atoms with E-state index in [9.17, 15) is 23.3 Å². The fourth-order valence-corrected chi connectivity index (χ4v) is 4.64. The van der Waals surface area contributed by atoms with Crippen LogP contribution in [0.25, 0.3) is 0 Å². The first-order valence-corrected chi connectivity index (χ1v) is 12.1. The van der Waals surface area contributed by atoms with Gasteiger partial charge in [0.15, 0.2) is 5.60 Å². The summed E-state index contributed by atoms with van der Waals surface area (Å²) < 4.78 is 54.5. The van der Waals surface area contributed by atoms with Crippen LogP contribution >= 0.6 is 0 Å². The van der Waals surface area contributed by atoms with Crippen LogP contribution in [0.3, 0.4) is 0 Å². The van der Waals surface area contributed by atoms with Crippen molar-refractivity contribution >= 4 is 17.2 Å². The lowest BCUT2D eigenvalue weighted by atomic mass is 10.1. The number of aromatic nitrogens is 2. The van der Waals surface area contributed by atoms with Crippen molar-refractivity contribution in [1.29, 1.82) is 0 Å². The van der Waals surface area contributed by atoms with Gasteiger partial charge >= 0.3 is 18.2 Å². The maximum absolute atomic E-state index is 12.4. The molecule has 2 aliphatic heterocycles. The van der Waals surface area contributed by atoms with Crippen molar-refractivity contribution in [2.45, 2.75) is 31.9 Å². The number of rotatable bonds is 7. The molecule has 3 aromatic rings. The summed E-state index contributed by atoms with van der Waals surface area (Å²) in [5.41, 5.74) is 1.20. The number of fused-ring (bicyclic) bond motifs is 1. The van der Waals surface area contributed by atoms with Crippen molar-refractivity contribution in [2.24, 2.45) is 0 Å². The van der Waals surface area contributed by atoms with Gasteiger partial charge in [-0.05, 0) is 66.8 Å². The Bertz CT molecular complexity index is 1260. The second-order valence-corrected chi connectivity index (χ2v) is 9.47. The summed E-state index contributed by atoms with van der Waals surface area (Å²) in [6, 6.07) is 13.9. The number of hydrogen-bond acceptors (Lipinski definition) is 8. The zero-order valence-electron chi connectivity index (χ0n) is 20.6. The van der Waals surface area contributed by atoms with E-state index in [4.69, 9.17) is 9.47 Å². The fourth-order valence-electron chi connectivity index (χ4n) is 4.64. The number of benzene rings is 2. The van der Waals surface area contributed by atoms with Gasteiger partial charge in [0, 0.05) is 42.5 Å². The normalized spacial score (nSPS) is 19.5. The van der Waals surface area contributed by atoms with Crippen LogP contribution in [0.4, 0.5) is 30.4 Å². The number of imidazole rings is 1. The lowest BCUT2D eigenvalue weighted by Gasteiger charge is -2.25. The molecule has 0 radical (unpaired) electrons. The summed E-state index contributed by atoms with van der Waals surface area (Å²) in [6.07, 6.45) is -2.46. The lowest BCUT2D eigenvalue weighted by molar-refractivity contribution is -0.389. The Hall–Kier alpha value is -4.16. The average Bonchev–Trinajstić information content (AvgIpc) is 3.27. The Morgan fingerprint density at radius 1 is 1.00 bits per heavy atom. The van der Waals surface area contributed by atoms with E-state index in [2.05, 4.69) is 19.5 Å². The van der Waals surface area contributed by atoms with E-state index in [1.54, 1.807) is 16.7 Å². The van der Waals surface area contributed by atoms with Gasteiger partial charge in [0.2, 0.25) is 0 Å². The highest BCUT2D eigenvalue weighted by atomic mass is 19.4. The van der Waals surface area contributed by atoms with E-state index in [0.29, 0.717) is 12.3 Å². The Morgan fingerprint density at radius 2 is 1.58 bits per heavy atom. The van der Waals surface area contributed by atoms with Gasteiger partial charge in [-0.1, -0.05) is 0 Å². The molecule has 2 aliphatic rings. The van der Waals surface area contributed by atoms with Crippen LogP contribution < -0.4 is 24.0 Å². The van der Waals surface area contributed by atoms with Crippen LogP contribution in [0.15, 0.2) is 54.7 Å². The Kier molecular flexibility index (Phi) is 6.67. The monoisotopic (exact) mass is 533 g/mol. The number of alkyl halides is 3. The first-order valence-electron chi connectivity index (χ1n) is 12.1. The number of nitrogens with zero attached hydrogens (tertiary/aromatic N) is 5. The van der Waals surface area contributed by atoms with Crippen LogP contribution in [0.5, 0.6) is 17.5 Å². The first-order chi connectivity index (χ1) is 18.1. The third-order valence-corrected chi connectivity index (χ3v) is 6.43. The standard InChI is InChI=1S/C25H26F3N5O5/c1-24(16-32-15-22(33(34)35)29-23(32)38-24)17-36-20-7-3-18(4-8-20)30-11-2-12-31(14-13-30)19-5-9-21(10-6-19)37-25(26,27)28/h3-10,15H,2,11-14,16-17H2,1H3/t24-/m1/s1. The molecule has 10 nitrogen and oxygen atoms in total. The van der Waals surface area contributed by atoms with Gasteiger partial charge < -0.3 is 34.1 Å². The van der Waals surface area contributed by atoms with Gasteiger partial charge in [-0.2, -0.15) is 0 Å². The van der Waals surface area contributed by atoms with Gasteiger partial charge in [0.05, 0.1) is 6.54 Å². The molecule has 38 heavy (non-hydrogen) atoms. The van der Waals surface area contributed by atoms with Crippen molar-refractivity contribution in [3.63, 3.8) is 0 Å². The smallest absolute Gasteiger partial charge is 0.489 e. The molecule has 13 heteroatoms. The average molecular weight is 534 g/mol. The zero-order chi connectivity index (χ0) is 26.9. The third kappa shape index (κ3) is 5.87. The van der Waals surface area contributed by atoms with E-state index in [1.807, 2.05) is 31.2 Å². The number of halogens is 3. The van der Waals surface area contributed by atoms with E-state index in [1.165, 1.54) is 18.3 Å². The van der Waals surface area contributed by atoms with Crippen LogP contribution in [0, 0.1) is 10.1 Å². The van der Waals surface area contributed by atoms with E-state index in [0.717, 1.165) is 44.0 Å². The maximum atomic E-state index is 12.4. The molecule has 0 amide bonds. The topological polar surface area (TPSA) is 95.1 Å². The molecule has 1 aromatic heterocycles. The molecule has 0 spiro atoms. The molecular formula is C25H26F3N5O5. The maximum Gasteiger partial charge on any atom is 0.573 e. The minimum absolute atomic E-state index is 0.207. The van der Waals surface area contributed by atoms with Gasteiger partial charge in [0.1, 0.15) is 24.3 Å². The first kappa shape index (κ1) is 25.5. The van der Waals surface area contributed by atoms with Crippen LogP contribution in [-0.2, 0) is 6.54 Å². The highest BCUT2D eigenvalue weighted by Gasteiger charge is 2.41. The number of hydrogen-bond donors (Lipinski definition) is 0. The third-order valence-electron chi connectivity index (χ3n) is 6.43. The fraction of sp³-hybridized carbons (Fsp3) is 0.400. The molecule has 1 fully saturated rings. The summed E-state index contributed by atoms with van der Waals surface area (Å²) in [4.78, 5) is 18.6. The molecule has 0 unspecified atom stereocenters. The summed E-state index contributed by atoms with van der Waals surface area (Å²) in [7, 11) is 0. The largest absolute Gasteiger partial charge is 0.573 e. The molecule has 3 heterocycles. The zero-order valence-corrected chi connectivity index (χ0v) is 20.6. The summed E-state index contributed by atoms with van der Waals surface area (Å²) >= 11 is 0. The molecule has 5 rings (SSSR count). The van der Waals surface area contributed by atoms with E-state index in [-0.39, 0.29) is 24.2 Å². The van der Waals surface area contributed by atoms with Crippen molar-refractivity contribution < 1.29 is 32.3 Å². The molecule has 0 N–H and O–H groups in total. The molecule has 2 aromatic carbocycles. The van der Waals surface area contributed by atoms with Crippen molar-refractivity contribution in [3.8, 4) is 17.5 Å². The minimum Gasteiger partial charge on any atom is -0.489 e. The lowest BCUT2D eigenvalue weighted by Crippen LogP contribution is -2.38. The molecule has 0 aliphatic carbocycles. The molecule has 0 saturated carbocycles. The van der Waals surface area contributed by atoms with Crippen LogP contribution in [0.2, 0.25) is 0 Å². The van der Waals surface area contributed by atoms with Gasteiger partial charge in [-0.25, -0.2) is 0 Å². The number of anilines is 2. The SMILES string of the molecule is C[C@]1(COc2ccc(N3CCCN(c4ccc(OC(F)(F)F)cc4)CC3)cc2)Cn2cc([N+](=O)[O-])nc2O1. The number of nitro groups is 1. The van der Waals surface area contributed by atoms with Crippen molar-refractivity contribution in [2.75, 3.05) is 42.6 Å². The molecule has 1 saturated heterocycles. The summed E-state index contributed by atoms with van der Waals surface area (Å²) in [6.45, 7) is 5.61. The molecule has 1 atom stereocenters. The molecule has 0 bridgehead atoms. The van der Waals surface area contributed by atoms with E-state index >= 15 is 0 Å². The van der Waals surface area contributed by atoms with Crippen LogP contribution in [-0.4, -0.2) is 59.2 Å². The summed E-state index contributed by atoms with van der Waals surface area (Å²) in [5.74, 6) is 0.193. The Morgan fingerprint density at radius 3 is 2.11 bits per heavy atom.